The average Bonchev–Trinajstić information content (AvgIpc) is 3.01. The SMILES string of the molecule is Nc1ncnc2c1ncn2[C@@H]1O[C@H](COP(=O)(O)O)[C@@H](O)[C@@H]1O.O. The molecule has 1 fully saturated rings. The Hall–Kier alpha value is -1.70. The van der Waals surface area contributed by atoms with Gasteiger partial charge in [-0.05, 0) is 0 Å². The summed E-state index contributed by atoms with van der Waals surface area (Å²) in [6.45, 7) is -0.594. The van der Waals surface area contributed by atoms with Crippen LogP contribution >= 0.6 is 7.82 Å². The lowest BCUT2D eigenvalue weighted by molar-refractivity contribution is -0.0504. The number of nitrogens with zero attached hydrogens (tertiary/aromatic N) is 4. The second-order valence-electron chi connectivity index (χ2n) is 4.92. The maximum atomic E-state index is 10.7. The molecule has 2 aromatic rings. The van der Waals surface area contributed by atoms with Crippen molar-refractivity contribution in [3.05, 3.63) is 12.7 Å². The van der Waals surface area contributed by atoms with E-state index >= 15 is 0 Å². The van der Waals surface area contributed by atoms with Crippen LogP contribution in [0.5, 0.6) is 0 Å². The Labute approximate surface area is 134 Å². The molecule has 8 N–H and O–H groups in total. The molecule has 14 heteroatoms. The molecule has 0 amide bonds. The highest BCUT2D eigenvalue weighted by atomic mass is 31.2. The predicted molar refractivity (Wildman–Crippen MR) is 77.3 cm³/mol. The van der Waals surface area contributed by atoms with E-state index in [0.29, 0.717) is 5.52 Å². The molecule has 2 aromatic heterocycles. The highest BCUT2D eigenvalue weighted by molar-refractivity contribution is 7.46. The standard InChI is InChI=1S/C10H14N5O7P.H2O/c11-8-5-9(13-2-12-8)15(3-14-5)10-7(17)6(16)4(22-10)1-21-23(18,19)20;/h2-4,6-7,10,16-17H,1H2,(H2,11,12,13)(H2,18,19,20);1H2/t4-,6-,7+,10-;/m1./s1. The molecule has 0 bridgehead atoms. The van der Waals surface area contributed by atoms with E-state index in [9.17, 15) is 14.8 Å². The van der Waals surface area contributed by atoms with Crippen LogP contribution in [0.2, 0.25) is 0 Å². The van der Waals surface area contributed by atoms with Crippen molar-refractivity contribution in [2.45, 2.75) is 24.5 Å². The number of fused-ring (bicyclic) bond motifs is 1. The number of hydrogen-bond donors (Lipinski definition) is 5. The molecule has 134 valence electrons. The summed E-state index contributed by atoms with van der Waals surface area (Å²) in [5.74, 6) is 0.142. The third-order valence-corrected chi connectivity index (χ3v) is 3.89. The van der Waals surface area contributed by atoms with Gasteiger partial charge in [-0.25, -0.2) is 19.5 Å². The van der Waals surface area contributed by atoms with Crippen molar-refractivity contribution < 1.29 is 39.3 Å². The van der Waals surface area contributed by atoms with Crippen LogP contribution in [0, 0.1) is 0 Å². The van der Waals surface area contributed by atoms with E-state index < -0.39 is 39.0 Å². The van der Waals surface area contributed by atoms with E-state index in [-0.39, 0.29) is 16.9 Å². The van der Waals surface area contributed by atoms with E-state index in [2.05, 4.69) is 19.5 Å². The molecule has 0 saturated carbocycles. The molecule has 0 unspecified atom stereocenters. The first kappa shape index (κ1) is 18.6. The minimum Gasteiger partial charge on any atom is -0.412 e. The Balaban J connectivity index is 0.00000208. The molecule has 0 spiro atoms. The average molecular weight is 365 g/mol. The van der Waals surface area contributed by atoms with Gasteiger partial charge >= 0.3 is 7.82 Å². The maximum absolute atomic E-state index is 10.7. The lowest BCUT2D eigenvalue weighted by Crippen LogP contribution is -2.33. The number of phosphoric acid groups is 1. The molecule has 3 heterocycles. The van der Waals surface area contributed by atoms with Crippen molar-refractivity contribution in [3.63, 3.8) is 0 Å². The zero-order chi connectivity index (χ0) is 16.8. The topological polar surface area (TPSA) is 218 Å². The number of rotatable bonds is 4. The summed E-state index contributed by atoms with van der Waals surface area (Å²) in [4.78, 5) is 29.2. The first-order chi connectivity index (χ1) is 10.8. The molecule has 0 radical (unpaired) electrons. The van der Waals surface area contributed by atoms with Gasteiger partial charge in [-0.1, -0.05) is 0 Å². The molecule has 0 aliphatic carbocycles. The molecule has 3 rings (SSSR count). The Bertz CT molecular complexity index is 765. The second-order valence-corrected chi connectivity index (χ2v) is 6.15. The van der Waals surface area contributed by atoms with E-state index in [4.69, 9.17) is 20.3 Å². The molecule has 24 heavy (non-hydrogen) atoms. The van der Waals surface area contributed by atoms with Crippen LogP contribution in [0.3, 0.4) is 0 Å². The molecule has 1 aliphatic heterocycles. The number of ether oxygens (including phenoxy) is 1. The normalized spacial score (nSPS) is 27.3. The van der Waals surface area contributed by atoms with E-state index in [1.165, 1.54) is 17.2 Å². The van der Waals surface area contributed by atoms with E-state index in [0.717, 1.165) is 0 Å². The van der Waals surface area contributed by atoms with Crippen LogP contribution in [0.1, 0.15) is 6.23 Å². The number of hydrogen-bond acceptors (Lipinski definition) is 9. The maximum Gasteiger partial charge on any atom is 0.469 e. The lowest BCUT2D eigenvalue weighted by Gasteiger charge is -2.16. The van der Waals surface area contributed by atoms with Crippen molar-refractivity contribution in [2.24, 2.45) is 0 Å². The second kappa shape index (κ2) is 6.66. The number of nitrogen functional groups attached to an aromatic ring is 1. The highest BCUT2D eigenvalue weighted by Crippen LogP contribution is 2.38. The van der Waals surface area contributed by atoms with Crippen molar-refractivity contribution in [1.29, 1.82) is 0 Å². The largest absolute Gasteiger partial charge is 0.469 e. The van der Waals surface area contributed by atoms with Gasteiger partial charge in [-0.3, -0.25) is 9.09 Å². The Morgan fingerprint density at radius 1 is 1.29 bits per heavy atom. The van der Waals surface area contributed by atoms with Crippen molar-refractivity contribution in [2.75, 3.05) is 12.3 Å². The van der Waals surface area contributed by atoms with Gasteiger partial charge < -0.3 is 35.9 Å². The van der Waals surface area contributed by atoms with Gasteiger partial charge in [0.2, 0.25) is 0 Å². The molecule has 0 aromatic carbocycles. The minimum atomic E-state index is -4.72. The Morgan fingerprint density at radius 2 is 2.00 bits per heavy atom. The number of aromatic nitrogens is 4. The molecular weight excluding hydrogens is 349 g/mol. The molecule has 1 saturated heterocycles. The first-order valence-corrected chi connectivity index (χ1v) is 7.95. The van der Waals surface area contributed by atoms with Gasteiger partial charge in [0.05, 0.1) is 12.9 Å². The van der Waals surface area contributed by atoms with E-state index in [1.54, 1.807) is 0 Å². The third kappa shape index (κ3) is 3.38. The van der Waals surface area contributed by atoms with Crippen LogP contribution in [0.25, 0.3) is 11.2 Å². The van der Waals surface area contributed by atoms with Crippen molar-refractivity contribution in [3.8, 4) is 0 Å². The summed E-state index contributed by atoms with van der Waals surface area (Å²) in [6, 6.07) is 0. The number of nitrogens with two attached hydrogens (primary N) is 1. The summed E-state index contributed by atoms with van der Waals surface area (Å²) in [7, 11) is -4.72. The number of anilines is 1. The first-order valence-electron chi connectivity index (χ1n) is 6.42. The number of aliphatic hydroxyl groups excluding tert-OH is 2. The van der Waals surface area contributed by atoms with Gasteiger partial charge in [-0.15, -0.1) is 0 Å². The highest BCUT2D eigenvalue weighted by Gasteiger charge is 2.45. The fourth-order valence-corrected chi connectivity index (χ4v) is 2.66. The number of phosphoric ester groups is 1. The lowest BCUT2D eigenvalue weighted by atomic mass is 10.1. The van der Waals surface area contributed by atoms with Gasteiger partial charge in [0, 0.05) is 0 Å². The van der Waals surface area contributed by atoms with Crippen LogP contribution in [-0.2, 0) is 13.8 Å². The van der Waals surface area contributed by atoms with Crippen molar-refractivity contribution in [1.82, 2.24) is 19.5 Å². The van der Waals surface area contributed by atoms with Crippen LogP contribution in [-0.4, -0.2) is 69.9 Å². The molecule has 1 aliphatic rings. The van der Waals surface area contributed by atoms with E-state index in [1.807, 2.05) is 0 Å². The van der Waals surface area contributed by atoms with Crippen LogP contribution < -0.4 is 5.73 Å². The summed E-state index contributed by atoms with van der Waals surface area (Å²) >= 11 is 0. The predicted octanol–water partition coefficient (Wildman–Crippen LogP) is -2.69. The van der Waals surface area contributed by atoms with Gasteiger partial charge in [0.1, 0.15) is 30.2 Å². The smallest absolute Gasteiger partial charge is 0.412 e. The fourth-order valence-electron chi connectivity index (χ4n) is 2.32. The Morgan fingerprint density at radius 3 is 2.67 bits per heavy atom. The number of imidazole rings is 1. The zero-order valence-corrected chi connectivity index (χ0v) is 12.9. The summed E-state index contributed by atoms with van der Waals surface area (Å²) in [5, 5.41) is 20.1. The summed E-state index contributed by atoms with van der Waals surface area (Å²) < 4.78 is 21.8. The monoisotopic (exact) mass is 365 g/mol. The van der Waals surface area contributed by atoms with Crippen LogP contribution in [0.15, 0.2) is 12.7 Å². The number of aliphatic hydroxyl groups is 2. The molecule has 13 nitrogen and oxygen atoms in total. The minimum absolute atomic E-state index is 0. The quantitative estimate of drug-likeness (QED) is 0.351. The summed E-state index contributed by atoms with van der Waals surface area (Å²) in [5.41, 5.74) is 6.25. The van der Waals surface area contributed by atoms with Gasteiger partial charge in [0.15, 0.2) is 17.7 Å². The Kier molecular flexibility index (Phi) is 5.17. The van der Waals surface area contributed by atoms with Gasteiger partial charge in [-0.2, -0.15) is 0 Å². The van der Waals surface area contributed by atoms with Gasteiger partial charge in [0.25, 0.3) is 0 Å². The molecular formula is C10H16N5O8P. The fraction of sp³-hybridized carbons (Fsp3) is 0.500. The van der Waals surface area contributed by atoms with Crippen LogP contribution in [0.4, 0.5) is 5.82 Å². The zero-order valence-electron chi connectivity index (χ0n) is 12.0. The summed E-state index contributed by atoms with van der Waals surface area (Å²) in [6.07, 6.45) is -2.49. The molecule has 4 atom stereocenters. The van der Waals surface area contributed by atoms with Crippen molar-refractivity contribution >= 4 is 24.8 Å². The third-order valence-electron chi connectivity index (χ3n) is 3.41.